The standard InChI is InChI=1S/C31H35Cl4N3O4S/c1-31(2,3)36-30(40)28(18-21-9-6-5-7-10-21)37(20-22-12-14-24(33)26(35)17-22)29(39)11-8-16-38(43(4,41)42)27-19-23(32)13-15-25(27)34/h5-7,9-10,12-15,17,19,28H,8,11,16,18,20H2,1-4H3,(H,36,40)/t28-/m0/s1. The van der Waals surface area contributed by atoms with Gasteiger partial charge in [0.1, 0.15) is 6.04 Å². The summed E-state index contributed by atoms with van der Waals surface area (Å²) in [6.45, 7) is 5.67. The van der Waals surface area contributed by atoms with Gasteiger partial charge in [0, 0.05) is 36.5 Å². The number of hydrogen-bond acceptors (Lipinski definition) is 4. The minimum atomic E-state index is -3.75. The molecule has 232 valence electrons. The normalized spacial score (nSPS) is 12.5. The largest absolute Gasteiger partial charge is 0.350 e. The number of hydrogen-bond donors (Lipinski definition) is 1. The molecular weight excluding hydrogens is 652 g/mol. The van der Waals surface area contributed by atoms with Crippen molar-refractivity contribution in [3.63, 3.8) is 0 Å². The van der Waals surface area contributed by atoms with E-state index in [2.05, 4.69) is 5.32 Å². The molecule has 0 aliphatic rings. The fraction of sp³-hybridized carbons (Fsp3) is 0.355. The highest BCUT2D eigenvalue weighted by atomic mass is 35.5. The third kappa shape index (κ3) is 10.6. The molecule has 7 nitrogen and oxygen atoms in total. The van der Waals surface area contributed by atoms with Crippen LogP contribution in [0.25, 0.3) is 0 Å². The topological polar surface area (TPSA) is 86.8 Å². The van der Waals surface area contributed by atoms with Crippen LogP contribution in [0.4, 0.5) is 5.69 Å². The smallest absolute Gasteiger partial charge is 0.243 e. The van der Waals surface area contributed by atoms with Crippen LogP contribution in [0.5, 0.6) is 0 Å². The Morgan fingerprint density at radius 2 is 1.51 bits per heavy atom. The number of carbonyl (C=O) groups is 2. The molecule has 0 radical (unpaired) electrons. The van der Waals surface area contributed by atoms with Crippen molar-refractivity contribution in [2.45, 2.75) is 58.2 Å². The Kier molecular flexibility index (Phi) is 12.2. The zero-order chi connectivity index (χ0) is 31.9. The maximum Gasteiger partial charge on any atom is 0.243 e. The number of nitrogens with one attached hydrogen (secondary N) is 1. The molecular formula is C31H35Cl4N3O4S. The van der Waals surface area contributed by atoms with Crippen molar-refractivity contribution in [2.75, 3.05) is 17.1 Å². The minimum Gasteiger partial charge on any atom is -0.350 e. The van der Waals surface area contributed by atoms with Crippen molar-refractivity contribution < 1.29 is 18.0 Å². The number of amides is 2. The highest BCUT2D eigenvalue weighted by Gasteiger charge is 2.32. The molecule has 43 heavy (non-hydrogen) atoms. The maximum absolute atomic E-state index is 14.0. The van der Waals surface area contributed by atoms with Crippen molar-refractivity contribution in [3.05, 3.63) is 97.9 Å². The molecule has 0 aromatic heterocycles. The molecule has 0 saturated carbocycles. The van der Waals surface area contributed by atoms with E-state index in [1.165, 1.54) is 17.0 Å². The average Bonchev–Trinajstić information content (AvgIpc) is 2.91. The Hall–Kier alpha value is -2.49. The van der Waals surface area contributed by atoms with Crippen LogP contribution in [0.1, 0.15) is 44.7 Å². The van der Waals surface area contributed by atoms with E-state index in [1.54, 1.807) is 24.3 Å². The molecule has 2 amide bonds. The zero-order valence-electron chi connectivity index (χ0n) is 24.4. The Balaban J connectivity index is 1.94. The van der Waals surface area contributed by atoms with Crippen LogP contribution in [0.3, 0.4) is 0 Å². The summed E-state index contributed by atoms with van der Waals surface area (Å²) in [5.41, 5.74) is 1.25. The summed E-state index contributed by atoms with van der Waals surface area (Å²) in [6, 6.07) is 18.2. The van der Waals surface area contributed by atoms with Crippen molar-refractivity contribution in [1.82, 2.24) is 10.2 Å². The fourth-order valence-corrected chi connectivity index (χ4v) is 6.23. The second-order valence-corrected chi connectivity index (χ2v) is 14.8. The molecule has 0 heterocycles. The van der Waals surface area contributed by atoms with Crippen LogP contribution in [0, 0.1) is 0 Å². The van der Waals surface area contributed by atoms with E-state index in [1.807, 2.05) is 51.1 Å². The van der Waals surface area contributed by atoms with E-state index < -0.39 is 21.6 Å². The third-order valence-electron chi connectivity index (χ3n) is 6.44. The average molecular weight is 688 g/mol. The van der Waals surface area contributed by atoms with Crippen LogP contribution in [-0.4, -0.2) is 49.5 Å². The molecule has 0 fully saturated rings. The first-order valence-electron chi connectivity index (χ1n) is 13.6. The van der Waals surface area contributed by atoms with Gasteiger partial charge in [0.25, 0.3) is 0 Å². The Morgan fingerprint density at radius 3 is 2.12 bits per heavy atom. The number of nitrogens with zero attached hydrogens (tertiary/aromatic N) is 2. The quantitative estimate of drug-likeness (QED) is 0.215. The summed E-state index contributed by atoms with van der Waals surface area (Å²) in [5, 5.41) is 4.25. The molecule has 0 aliphatic heterocycles. The zero-order valence-corrected chi connectivity index (χ0v) is 28.3. The minimum absolute atomic E-state index is 0.0250. The van der Waals surface area contributed by atoms with Gasteiger partial charge in [0.15, 0.2) is 0 Å². The lowest BCUT2D eigenvalue weighted by Crippen LogP contribution is -2.54. The van der Waals surface area contributed by atoms with Crippen LogP contribution in [0.2, 0.25) is 20.1 Å². The fourth-order valence-electron chi connectivity index (χ4n) is 4.50. The number of halogens is 4. The van der Waals surface area contributed by atoms with Gasteiger partial charge in [-0.2, -0.15) is 0 Å². The second-order valence-electron chi connectivity index (χ2n) is 11.2. The molecule has 1 atom stereocenters. The number of sulfonamides is 1. The van der Waals surface area contributed by atoms with Crippen LogP contribution < -0.4 is 9.62 Å². The number of benzene rings is 3. The van der Waals surface area contributed by atoms with Crippen molar-refractivity contribution in [1.29, 1.82) is 0 Å². The van der Waals surface area contributed by atoms with Gasteiger partial charge in [-0.1, -0.05) is 82.8 Å². The van der Waals surface area contributed by atoms with Crippen molar-refractivity contribution >= 4 is 73.9 Å². The predicted octanol–water partition coefficient (Wildman–Crippen LogP) is 7.40. The van der Waals surface area contributed by atoms with E-state index in [9.17, 15) is 18.0 Å². The van der Waals surface area contributed by atoms with Gasteiger partial charge < -0.3 is 10.2 Å². The summed E-state index contributed by atoms with van der Waals surface area (Å²) in [4.78, 5) is 29.2. The van der Waals surface area contributed by atoms with E-state index >= 15 is 0 Å². The van der Waals surface area contributed by atoms with E-state index in [0.29, 0.717) is 20.6 Å². The van der Waals surface area contributed by atoms with Crippen molar-refractivity contribution in [3.8, 4) is 0 Å². The van der Waals surface area contributed by atoms with Gasteiger partial charge in [0.2, 0.25) is 21.8 Å². The lowest BCUT2D eigenvalue weighted by atomic mass is 10.00. The van der Waals surface area contributed by atoms with Gasteiger partial charge in [-0.25, -0.2) is 8.42 Å². The van der Waals surface area contributed by atoms with Gasteiger partial charge in [0.05, 0.1) is 27.0 Å². The molecule has 3 rings (SSSR count). The van der Waals surface area contributed by atoms with Crippen molar-refractivity contribution in [2.24, 2.45) is 0 Å². The summed E-state index contributed by atoms with van der Waals surface area (Å²) < 4.78 is 26.5. The lowest BCUT2D eigenvalue weighted by Gasteiger charge is -2.34. The molecule has 0 spiro atoms. The third-order valence-corrected chi connectivity index (χ3v) is 8.91. The van der Waals surface area contributed by atoms with Crippen LogP contribution in [0.15, 0.2) is 66.7 Å². The molecule has 3 aromatic carbocycles. The number of carbonyl (C=O) groups excluding carboxylic acids is 2. The first-order valence-corrected chi connectivity index (χ1v) is 16.9. The highest BCUT2D eigenvalue weighted by Crippen LogP contribution is 2.31. The Morgan fingerprint density at radius 1 is 0.860 bits per heavy atom. The van der Waals surface area contributed by atoms with Gasteiger partial charge in [-0.05, 0) is 68.7 Å². The molecule has 0 bridgehead atoms. The van der Waals surface area contributed by atoms with E-state index in [0.717, 1.165) is 16.1 Å². The first kappa shape index (κ1) is 35.0. The molecule has 0 aliphatic carbocycles. The summed E-state index contributed by atoms with van der Waals surface area (Å²) >= 11 is 24.8. The SMILES string of the molecule is CC(C)(C)NC(=O)[C@H](Cc1ccccc1)N(Cc1ccc(Cl)c(Cl)c1)C(=O)CCCN(c1cc(Cl)ccc1Cl)S(C)(=O)=O. The maximum atomic E-state index is 14.0. The first-order chi connectivity index (χ1) is 20.0. The summed E-state index contributed by atoms with van der Waals surface area (Å²) in [5.74, 6) is -0.644. The van der Waals surface area contributed by atoms with Crippen LogP contribution >= 0.6 is 46.4 Å². The van der Waals surface area contributed by atoms with Gasteiger partial charge in [-0.3, -0.25) is 13.9 Å². The Labute approximate surface area is 274 Å². The van der Waals surface area contributed by atoms with E-state index in [-0.39, 0.29) is 54.9 Å². The highest BCUT2D eigenvalue weighted by molar-refractivity contribution is 7.92. The molecule has 0 saturated heterocycles. The summed E-state index contributed by atoms with van der Waals surface area (Å²) in [7, 11) is -3.75. The predicted molar refractivity (Wildman–Crippen MR) is 177 cm³/mol. The molecule has 12 heteroatoms. The number of rotatable bonds is 12. The monoisotopic (exact) mass is 685 g/mol. The molecule has 0 unspecified atom stereocenters. The lowest BCUT2D eigenvalue weighted by molar-refractivity contribution is -0.142. The molecule has 3 aromatic rings. The van der Waals surface area contributed by atoms with Gasteiger partial charge in [-0.15, -0.1) is 0 Å². The van der Waals surface area contributed by atoms with Crippen LogP contribution in [-0.2, 0) is 32.6 Å². The molecule has 1 N–H and O–H groups in total. The summed E-state index contributed by atoms with van der Waals surface area (Å²) in [6.07, 6.45) is 1.45. The van der Waals surface area contributed by atoms with Gasteiger partial charge >= 0.3 is 0 Å². The second kappa shape index (κ2) is 15.0. The number of anilines is 1. The van der Waals surface area contributed by atoms with E-state index in [4.69, 9.17) is 46.4 Å². The Bertz CT molecular complexity index is 1550.